The molecule has 0 aliphatic rings. The average molecular weight is 270 g/mol. The van der Waals surface area contributed by atoms with Gasteiger partial charge in [0.2, 0.25) is 0 Å². The first-order valence-corrected chi connectivity index (χ1v) is 6.39. The smallest absolute Gasteiger partial charge is 0.130 e. The van der Waals surface area contributed by atoms with Crippen LogP contribution in [0.1, 0.15) is 29.6 Å². The Balaban J connectivity index is 2.16. The van der Waals surface area contributed by atoms with Gasteiger partial charge >= 0.3 is 0 Å². The average Bonchev–Trinajstić information content (AvgIpc) is 2.45. The summed E-state index contributed by atoms with van der Waals surface area (Å²) < 4.78 is 13.7. The number of hydrogen-bond donors (Lipinski definition) is 1. The van der Waals surface area contributed by atoms with Gasteiger partial charge in [0, 0.05) is 23.9 Å². The second kappa shape index (κ2) is 6.11. The number of aryl methyl sites for hydroxylation is 2. The van der Waals surface area contributed by atoms with Crippen molar-refractivity contribution in [3.05, 3.63) is 52.7 Å². The molecule has 1 heterocycles. The van der Waals surface area contributed by atoms with Crippen LogP contribution in [-0.2, 0) is 13.0 Å². The molecule has 0 radical (unpaired) electrons. The Morgan fingerprint density at radius 2 is 2.10 bits per heavy atom. The molecule has 0 bridgehead atoms. The van der Waals surface area contributed by atoms with Crippen LogP contribution < -0.4 is 5.32 Å². The third-order valence-corrected chi connectivity index (χ3v) is 2.89. The van der Waals surface area contributed by atoms with E-state index in [1.165, 1.54) is 18.2 Å². The zero-order valence-electron chi connectivity index (χ0n) is 11.4. The fraction of sp³-hybridized carbons (Fsp3) is 0.267. The molecule has 4 nitrogen and oxygen atoms in total. The van der Waals surface area contributed by atoms with Gasteiger partial charge in [0.25, 0.3) is 0 Å². The van der Waals surface area contributed by atoms with Gasteiger partial charge in [-0.25, -0.2) is 14.4 Å². The van der Waals surface area contributed by atoms with Crippen molar-refractivity contribution in [2.45, 2.75) is 26.8 Å². The van der Waals surface area contributed by atoms with Crippen LogP contribution in [0.4, 0.5) is 10.2 Å². The number of nitrogens with zero attached hydrogens (tertiary/aromatic N) is 3. The second-order valence-corrected chi connectivity index (χ2v) is 4.42. The molecule has 0 aliphatic heterocycles. The first kappa shape index (κ1) is 13.9. The lowest BCUT2D eigenvalue weighted by Gasteiger charge is -2.09. The highest BCUT2D eigenvalue weighted by molar-refractivity contribution is 5.39. The summed E-state index contributed by atoms with van der Waals surface area (Å²) in [5, 5.41) is 11.9. The van der Waals surface area contributed by atoms with Crippen molar-refractivity contribution < 1.29 is 4.39 Å². The summed E-state index contributed by atoms with van der Waals surface area (Å²) in [5.41, 5.74) is 1.82. The Hall–Kier alpha value is -2.48. The summed E-state index contributed by atoms with van der Waals surface area (Å²) in [6, 6.07) is 8.15. The number of aromatic nitrogens is 2. The van der Waals surface area contributed by atoms with Gasteiger partial charge in [-0.1, -0.05) is 6.92 Å². The number of anilines is 1. The molecular formula is C15H15FN4. The van der Waals surface area contributed by atoms with Crippen molar-refractivity contribution in [1.29, 1.82) is 5.26 Å². The molecule has 2 rings (SSSR count). The van der Waals surface area contributed by atoms with E-state index in [0.29, 0.717) is 22.8 Å². The fourth-order valence-corrected chi connectivity index (χ4v) is 1.87. The lowest BCUT2D eigenvalue weighted by Crippen LogP contribution is -2.06. The summed E-state index contributed by atoms with van der Waals surface area (Å²) in [7, 11) is 0. The van der Waals surface area contributed by atoms with E-state index in [9.17, 15) is 4.39 Å². The van der Waals surface area contributed by atoms with Crippen LogP contribution in [-0.4, -0.2) is 9.97 Å². The van der Waals surface area contributed by atoms with E-state index in [-0.39, 0.29) is 12.4 Å². The van der Waals surface area contributed by atoms with E-state index in [2.05, 4.69) is 15.3 Å². The van der Waals surface area contributed by atoms with Gasteiger partial charge < -0.3 is 5.32 Å². The number of nitrogens with one attached hydrogen (secondary N) is 1. The molecule has 20 heavy (non-hydrogen) atoms. The van der Waals surface area contributed by atoms with Gasteiger partial charge in [0.05, 0.1) is 11.6 Å². The van der Waals surface area contributed by atoms with Crippen molar-refractivity contribution in [3.63, 3.8) is 0 Å². The Morgan fingerprint density at radius 3 is 2.80 bits per heavy atom. The van der Waals surface area contributed by atoms with Gasteiger partial charge in [-0.15, -0.1) is 0 Å². The quantitative estimate of drug-likeness (QED) is 0.927. The molecule has 0 fully saturated rings. The molecule has 0 atom stereocenters. The van der Waals surface area contributed by atoms with Crippen LogP contribution in [0.5, 0.6) is 0 Å². The maximum absolute atomic E-state index is 13.7. The molecule has 5 heteroatoms. The number of benzene rings is 1. The maximum Gasteiger partial charge on any atom is 0.130 e. The van der Waals surface area contributed by atoms with Crippen LogP contribution in [0.25, 0.3) is 0 Å². The Labute approximate surface area is 117 Å². The van der Waals surface area contributed by atoms with Gasteiger partial charge in [-0.2, -0.15) is 5.26 Å². The molecule has 0 aliphatic carbocycles. The molecule has 2 aromatic rings. The number of hydrogen-bond acceptors (Lipinski definition) is 4. The molecule has 1 N–H and O–H groups in total. The van der Waals surface area contributed by atoms with Gasteiger partial charge in [-0.05, 0) is 31.5 Å². The number of nitriles is 1. The summed E-state index contributed by atoms with van der Waals surface area (Å²) in [5.74, 6) is 1.01. The predicted molar refractivity (Wildman–Crippen MR) is 74.6 cm³/mol. The lowest BCUT2D eigenvalue weighted by atomic mass is 10.1. The highest BCUT2D eigenvalue weighted by Gasteiger charge is 2.05. The molecule has 1 aromatic carbocycles. The number of halogens is 1. The molecule has 0 saturated carbocycles. The SMILES string of the molecule is CCc1cc(NCc2cc(C#N)ccc2F)nc(C)n1. The standard InChI is InChI=1S/C15H15FN4/c1-3-13-7-15(20-10(2)19-13)18-9-12-6-11(8-17)4-5-14(12)16/h4-7H,3,9H2,1-2H3,(H,18,19,20). The zero-order chi connectivity index (χ0) is 14.5. The summed E-state index contributed by atoms with van der Waals surface area (Å²) in [6.45, 7) is 4.11. The van der Waals surface area contributed by atoms with Crippen molar-refractivity contribution >= 4 is 5.82 Å². The first-order chi connectivity index (χ1) is 9.62. The topological polar surface area (TPSA) is 61.6 Å². The Morgan fingerprint density at radius 1 is 1.30 bits per heavy atom. The largest absolute Gasteiger partial charge is 0.366 e. The zero-order valence-corrected chi connectivity index (χ0v) is 11.4. The van der Waals surface area contributed by atoms with Crippen molar-refractivity contribution in [1.82, 2.24) is 9.97 Å². The van der Waals surface area contributed by atoms with Crippen molar-refractivity contribution in [2.75, 3.05) is 5.32 Å². The third kappa shape index (κ3) is 3.29. The Bertz CT molecular complexity index is 661. The normalized spacial score (nSPS) is 10.1. The lowest BCUT2D eigenvalue weighted by molar-refractivity contribution is 0.612. The third-order valence-electron chi connectivity index (χ3n) is 2.89. The van der Waals surface area contributed by atoms with Crippen molar-refractivity contribution in [2.24, 2.45) is 0 Å². The minimum absolute atomic E-state index is 0.279. The van der Waals surface area contributed by atoms with E-state index in [4.69, 9.17) is 5.26 Å². The summed E-state index contributed by atoms with van der Waals surface area (Å²) in [6.07, 6.45) is 0.816. The van der Waals surface area contributed by atoms with Gasteiger partial charge in [0.15, 0.2) is 0 Å². The van der Waals surface area contributed by atoms with Crippen LogP contribution >= 0.6 is 0 Å². The monoisotopic (exact) mass is 270 g/mol. The highest BCUT2D eigenvalue weighted by Crippen LogP contribution is 2.13. The van der Waals surface area contributed by atoms with Gasteiger partial charge in [-0.3, -0.25) is 0 Å². The molecule has 102 valence electrons. The minimum Gasteiger partial charge on any atom is -0.366 e. The molecular weight excluding hydrogens is 255 g/mol. The van der Waals surface area contributed by atoms with E-state index in [0.717, 1.165) is 12.1 Å². The van der Waals surface area contributed by atoms with Crippen LogP contribution in [0.15, 0.2) is 24.3 Å². The number of rotatable bonds is 4. The van der Waals surface area contributed by atoms with E-state index < -0.39 is 0 Å². The first-order valence-electron chi connectivity index (χ1n) is 6.39. The molecule has 0 amide bonds. The van der Waals surface area contributed by atoms with E-state index in [1.807, 2.05) is 26.0 Å². The second-order valence-electron chi connectivity index (χ2n) is 4.42. The summed E-state index contributed by atoms with van der Waals surface area (Å²) in [4.78, 5) is 8.54. The predicted octanol–water partition coefficient (Wildman–Crippen LogP) is 2.97. The Kier molecular flexibility index (Phi) is 4.26. The molecule has 0 spiro atoms. The minimum atomic E-state index is -0.335. The molecule has 0 unspecified atom stereocenters. The highest BCUT2D eigenvalue weighted by atomic mass is 19.1. The van der Waals surface area contributed by atoms with E-state index in [1.54, 1.807) is 0 Å². The van der Waals surface area contributed by atoms with Gasteiger partial charge in [0.1, 0.15) is 17.5 Å². The van der Waals surface area contributed by atoms with Crippen LogP contribution in [0.2, 0.25) is 0 Å². The van der Waals surface area contributed by atoms with Crippen LogP contribution in [0.3, 0.4) is 0 Å². The summed E-state index contributed by atoms with van der Waals surface area (Å²) >= 11 is 0. The molecule has 1 aromatic heterocycles. The maximum atomic E-state index is 13.7. The molecule has 0 saturated heterocycles. The fourth-order valence-electron chi connectivity index (χ4n) is 1.87. The van der Waals surface area contributed by atoms with Crippen LogP contribution in [0, 0.1) is 24.1 Å². The van der Waals surface area contributed by atoms with Crippen molar-refractivity contribution in [3.8, 4) is 6.07 Å². The van der Waals surface area contributed by atoms with E-state index >= 15 is 0 Å².